The molecule has 0 unspecified atom stereocenters. The maximum absolute atomic E-state index is 12.2. The molecule has 3 rings (SSSR count). The monoisotopic (exact) mass is 413 g/mol. The van der Waals surface area contributed by atoms with E-state index in [2.05, 4.69) is 5.32 Å². The fourth-order valence-electron chi connectivity index (χ4n) is 2.73. The van der Waals surface area contributed by atoms with Gasteiger partial charge in [-0.2, -0.15) is 0 Å². The van der Waals surface area contributed by atoms with Crippen molar-refractivity contribution < 1.29 is 27.2 Å². The summed E-state index contributed by atoms with van der Waals surface area (Å²) in [7, 11) is -3.14. The van der Waals surface area contributed by atoms with Crippen LogP contribution in [-0.2, 0) is 19.4 Å². The fraction of sp³-hybridized carbons (Fsp3) is 0.353. The highest BCUT2D eigenvalue weighted by atomic mass is 35.5. The van der Waals surface area contributed by atoms with Crippen LogP contribution in [0, 0.1) is 0 Å². The highest BCUT2D eigenvalue weighted by Crippen LogP contribution is 2.18. The van der Waals surface area contributed by atoms with Crippen LogP contribution in [0.4, 0.5) is 0 Å². The van der Waals surface area contributed by atoms with Gasteiger partial charge in [-0.1, -0.05) is 11.6 Å². The first-order valence-electron chi connectivity index (χ1n) is 8.10. The Bertz CT molecular complexity index is 1080. The first-order chi connectivity index (χ1) is 12.6. The van der Waals surface area contributed by atoms with Gasteiger partial charge in [-0.05, 0) is 31.5 Å². The number of hydrogen-bond acceptors (Lipinski definition) is 7. The van der Waals surface area contributed by atoms with Crippen molar-refractivity contribution >= 4 is 44.3 Å². The van der Waals surface area contributed by atoms with Crippen LogP contribution < -0.4 is 10.7 Å². The van der Waals surface area contributed by atoms with E-state index in [-0.39, 0.29) is 28.2 Å². The van der Waals surface area contributed by atoms with Crippen molar-refractivity contribution in [2.75, 3.05) is 11.5 Å². The van der Waals surface area contributed by atoms with Gasteiger partial charge in [-0.15, -0.1) is 0 Å². The number of halogens is 1. The molecule has 10 heteroatoms. The zero-order valence-corrected chi connectivity index (χ0v) is 15.8. The van der Waals surface area contributed by atoms with Crippen LogP contribution in [0.25, 0.3) is 11.0 Å². The number of sulfone groups is 1. The third kappa shape index (κ3) is 4.48. The second kappa shape index (κ2) is 7.32. The van der Waals surface area contributed by atoms with Gasteiger partial charge in [0.2, 0.25) is 5.76 Å². The van der Waals surface area contributed by atoms with E-state index in [9.17, 15) is 22.8 Å². The van der Waals surface area contributed by atoms with E-state index >= 15 is 0 Å². The van der Waals surface area contributed by atoms with E-state index in [1.807, 2.05) is 0 Å². The van der Waals surface area contributed by atoms with Gasteiger partial charge in [0.1, 0.15) is 5.58 Å². The average molecular weight is 414 g/mol. The molecular weight excluding hydrogens is 398 g/mol. The number of esters is 1. The summed E-state index contributed by atoms with van der Waals surface area (Å²) in [6.45, 7) is 1.34. The molecule has 1 aliphatic rings. The normalized spacial score (nSPS) is 19.6. The first-order valence-corrected chi connectivity index (χ1v) is 10.3. The van der Waals surface area contributed by atoms with Gasteiger partial charge in [-0.3, -0.25) is 9.59 Å². The molecule has 8 nitrogen and oxygen atoms in total. The molecule has 0 bridgehead atoms. The Morgan fingerprint density at radius 3 is 2.74 bits per heavy atom. The van der Waals surface area contributed by atoms with E-state index in [0.29, 0.717) is 11.4 Å². The molecule has 1 fully saturated rings. The standard InChI is InChI=1S/C17H16ClNO7S/c1-9(16(21)19-11-4-5-27(23,24)8-11)25-17(22)15-7-13(20)12-6-10(18)2-3-14(12)26-15/h2-3,6-7,9,11H,4-5,8H2,1H3,(H,19,21)/t9-,11-/m0/s1. The molecule has 27 heavy (non-hydrogen) atoms. The zero-order valence-electron chi connectivity index (χ0n) is 14.2. The number of amides is 1. The Morgan fingerprint density at radius 1 is 1.33 bits per heavy atom. The van der Waals surface area contributed by atoms with Gasteiger partial charge in [0.05, 0.1) is 16.9 Å². The van der Waals surface area contributed by atoms with E-state index < -0.39 is 39.3 Å². The molecule has 144 valence electrons. The summed E-state index contributed by atoms with van der Waals surface area (Å²) in [6, 6.07) is 4.84. The molecule has 1 aromatic carbocycles. The Morgan fingerprint density at radius 2 is 2.07 bits per heavy atom. The molecule has 0 radical (unpaired) electrons. The predicted molar refractivity (Wildman–Crippen MR) is 97.6 cm³/mol. The minimum atomic E-state index is -3.14. The summed E-state index contributed by atoms with van der Waals surface area (Å²) in [5, 5.41) is 3.10. The van der Waals surface area contributed by atoms with E-state index in [1.54, 1.807) is 0 Å². The van der Waals surface area contributed by atoms with Gasteiger partial charge in [0.25, 0.3) is 5.91 Å². The SMILES string of the molecule is C[C@H](OC(=O)c1cc(=O)c2cc(Cl)ccc2o1)C(=O)N[C@H]1CCS(=O)(=O)C1. The Labute approximate surface area is 159 Å². The zero-order chi connectivity index (χ0) is 19.8. The predicted octanol–water partition coefficient (Wildman–Crippen LogP) is 1.29. The van der Waals surface area contributed by atoms with Gasteiger partial charge in [-0.25, -0.2) is 13.2 Å². The third-order valence-corrected chi connectivity index (χ3v) is 6.13. The maximum atomic E-state index is 12.2. The lowest BCUT2D eigenvalue weighted by Crippen LogP contribution is -2.42. The molecule has 0 spiro atoms. The van der Waals surface area contributed by atoms with Crippen molar-refractivity contribution in [2.45, 2.75) is 25.5 Å². The summed E-state index contributed by atoms with van der Waals surface area (Å²) in [4.78, 5) is 36.4. The molecular formula is C17H16ClNO7S. The largest absolute Gasteiger partial charge is 0.449 e. The molecule has 2 heterocycles. The van der Waals surface area contributed by atoms with Crippen LogP contribution in [0.1, 0.15) is 23.9 Å². The highest BCUT2D eigenvalue weighted by molar-refractivity contribution is 7.91. The molecule has 1 amide bonds. The number of hydrogen-bond donors (Lipinski definition) is 1. The molecule has 0 saturated carbocycles. The van der Waals surface area contributed by atoms with Crippen molar-refractivity contribution in [1.29, 1.82) is 0 Å². The molecule has 2 aromatic rings. The lowest BCUT2D eigenvalue weighted by molar-refractivity contribution is -0.129. The van der Waals surface area contributed by atoms with Crippen LogP contribution in [0.3, 0.4) is 0 Å². The average Bonchev–Trinajstić information content (AvgIpc) is 2.93. The smallest absolute Gasteiger partial charge is 0.375 e. The van der Waals surface area contributed by atoms with E-state index in [0.717, 1.165) is 6.07 Å². The van der Waals surface area contributed by atoms with Crippen molar-refractivity contribution in [3.05, 3.63) is 45.3 Å². The molecule has 2 atom stereocenters. The topological polar surface area (TPSA) is 120 Å². The minimum Gasteiger partial charge on any atom is -0.449 e. The van der Waals surface area contributed by atoms with E-state index in [1.165, 1.54) is 25.1 Å². The lowest BCUT2D eigenvalue weighted by atomic mass is 10.2. The molecule has 1 aliphatic heterocycles. The van der Waals surface area contributed by atoms with Crippen molar-refractivity contribution in [3.8, 4) is 0 Å². The van der Waals surface area contributed by atoms with Crippen LogP contribution in [0.2, 0.25) is 5.02 Å². The number of carbonyl (C=O) groups is 2. The van der Waals surface area contributed by atoms with Crippen LogP contribution >= 0.6 is 11.6 Å². The lowest BCUT2D eigenvalue weighted by Gasteiger charge is -2.16. The number of fused-ring (bicyclic) bond motifs is 1. The quantitative estimate of drug-likeness (QED) is 0.750. The second-order valence-corrected chi connectivity index (χ2v) is 8.94. The number of ether oxygens (including phenoxy) is 1. The van der Waals surface area contributed by atoms with Gasteiger partial charge in [0, 0.05) is 17.1 Å². The van der Waals surface area contributed by atoms with Gasteiger partial charge in [0.15, 0.2) is 21.4 Å². The minimum absolute atomic E-state index is 0.0123. The summed E-state index contributed by atoms with van der Waals surface area (Å²) < 4.78 is 33.2. The molecule has 1 aromatic heterocycles. The Kier molecular flexibility index (Phi) is 5.25. The maximum Gasteiger partial charge on any atom is 0.375 e. The fourth-order valence-corrected chi connectivity index (χ4v) is 4.57. The third-order valence-electron chi connectivity index (χ3n) is 4.12. The van der Waals surface area contributed by atoms with E-state index in [4.69, 9.17) is 20.8 Å². The van der Waals surface area contributed by atoms with Crippen molar-refractivity contribution in [2.24, 2.45) is 0 Å². The van der Waals surface area contributed by atoms with Gasteiger partial charge >= 0.3 is 5.97 Å². The molecule has 1 N–H and O–H groups in total. The Balaban J connectivity index is 1.69. The Hall–Kier alpha value is -2.39. The van der Waals surface area contributed by atoms with Crippen LogP contribution in [-0.4, -0.2) is 43.9 Å². The van der Waals surface area contributed by atoms with Crippen LogP contribution in [0.15, 0.2) is 33.5 Å². The van der Waals surface area contributed by atoms with Gasteiger partial charge < -0.3 is 14.5 Å². The molecule has 0 aliphatic carbocycles. The summed E-state index contributed by atoms with van der Waals surface area (Å²) in [6.07, 6.45) is -0.872. The summed E-state index contributed by atoms with van der Waals surface area (Å²) in [5.41, 5.74) is -0.314. The number of rotatable bonds is 4. The number of carbonyl (C=O) groups excluding carboxylic acids is 2. The summed E-state index contributed by atoms with van der Waals surface area (Å²) in [5.74, 6) is -2.08. The van der Waals surface area contributed by atoms with Crippen molar-refractivity contribution in [1.82, 2.24) is 5.32 Å². The summed E-state index contributed by atoms with van der Waals surface area (Å²) >= 11 is 5.83. The second-order valence-electron chi connectivity index (χ2n) is 6.27. The molecule has 1 saturated heterocycles. The number of benzene rings is 1. The number of nitrogens with one attached hydrogen (secondary N) is 1. The highest BCUT2D eigenvalue weighted by Gasteiger charge is 2.31. The van der Waals surface area contributed by atoms with Crippen molar-refractivity contribution in [3.63, 3.8) is 0 Å². The van der Waals surface area contributed by atoms with Crippen LogP contribution in [0.5, 0.6) is 0 Å². The first kappa shape index (κ1) is 19.4.